The van der Waals surface area contributed by atoms with Gasteiger partial charge in [-0.3, -0.25) is 24.0 Å². The molecule has 180 valence electrons. The van der Waals surface area contributed by atoms with Crippen LogP contribution in [-0.2, 0) is 16.1 Å². The van der Waals surface area contributed by atoms with Crippen molar-refractivity contribution >= 4 is 23.5 Å². The number of anilines is 2. The van der Waals surface area contributed by atoms with Crippen molar-refractivity contribution in [2.45, 2.75) is 39.8 Å². The first-order valence-corrected chi connectivity index (χ1v) is 10.7. The van der Waals surface area contributed by atoms with Crippen molar-refractivity contribution in [3.8, 4) is 11.5 Å². The fraction of sp³-hybridized carbons (Fsp3) is 0.435. The highest BCUT2D eigenvalue weighted by molar-refractivity contribution is 6.05. The molecule has 0 saturated heterocycles. The summed E-state index contributed by atoms with van der Waals surface area (Å²) in [6, 6.07) is 5.28. The number of aromatic nitrogens is 2. The fourth-order valence-corrected chi connectivity index (χ4v) is 3.20. The van der Waals surface area contributed by atoms with E-state index < -0.39 is 17.2 Å². The van der Waals surface area contributed by atoms with Gasteiger partial charge in [0.05, 0.1) is 19.8 Å². The highest BCUT2D eigenvalue weighted by atomic mass is 16.5. The normalized spacial score (nSPS) is 11.2. The number of hydrogen-bond donors (Lipinski definition) is 2. The van der Waals surface area contributed by atoms with Gasteiger partial charge in [-0.2, -0.15) is 0 Å². The third kappa shape index (κ3) is 6.48. The van der Waals surface area contributed by atoms with Gasteiger partial charge in [0.1, 0.15) is 5.82 Å². The Kier molecular flexibility index (Phi) is 9.29. The van der Waals surface area contributed by atoms with Crippen LogP contribution in [0.15, 0.2) is 33.9 Å². The Bertz CT molecular complexity index is 1100. The van der Waals surface area contributed by atoms with Gasteiger partial charge >= 0.3 is 5.69 Å². The molecule has 0 bridgehead atoms. The predicted octanol–water partition coefficient (Wildman–Crippen LogP) is 2.02. The Labute approximate surface area is 192 Å². The summed E-state index contributed by atoms with van der Waals surface area (Å²) in [5, 5.41) is 0. The van der Waals surface area contributed by atoms with Gasteiger partial charge in [-0.15, -0.1) is 0 Å². The summed E-state index contributed by atoms with van der Waals surface area (Å²) < 4.78 is 17.4. The van der Waals surface area contributed by atoms with Gasteiger partial charge in [0.15, 0.2) is 17.2 Å². The van der Waals surface area contributed by atoms with Crippen molar-refractivity contribution in [3.63, 3.8) is 0 Å². The molecule has 2 rings (SSSR count). The average Bonchev–Trinajstić information content (AvgIpc) is 2.77. The van der Waals surface area contributed by atoms with E-state index in [1.807, 2.05) is 20.8 Å². The fourth-order valence-electron chi connectivity index (χ4n) is 3.20. The van der Waals surface area contributed by atoms with Gasteiger partial charge < -0.3 is 19.9 Å². The molecule has 0 atom stereocenters. The first-order chi connectivity index (χ1) is 15.7. The molecule has 0 aliphatic rings. The van der Waals surface area contributed by atoms with Gasteiger partial charge in [-0.05, 0) is 44.0 Å². The number of benzene rings is 1. The zero-order valence-corrected chi connectivity index (χ0v) is 19.7. The average molecular weight is 461 g/mol. The molecule has 1 aromatic heterocycles. The van der Waals surface area contributed by atoms with Crippen molar-refractivity contribution in [1.29, 1.82) is 0 Å². The topological polar surface area (TPSA) is 129 Å². The molecule has 2 aromatic rings. The number of nitrogens with one attached hydrogen (secondary N) is 1. The maximum absolute atomic E-state index is 13.1. The van der Waals surface area contributed by atoms with Crippen LogP contribution in [0.2, 0.25) is 0 Å². The molecule has 0 spiro atoms. The lowest BCUT2D eigenvalue weighted by Gasteiger charge is -2.23. The van der Waals surface area contributed by atoms with Crippen LogP contribution >= 0.6 is 0 Å². The first-order valence-electron chi connectivity index (χ1n) is 10.7. The van der Waals surface area contributed by atoms with Gasteiger partial charge in [-0.25, -0.2) is 4.79 Å². The molecule has 0 unspecified atom stereocenters. The van der Waals surface area contributed by atoms with E-state index in [0.29, 0.717) is 30.0 Å². The minimum atomic E-state index is -0.737. The quantitative estimate of drug-likeness (QED) is 0.491. The minimum absolute atomic E-state index is 0.0178. The van der Waals surface area contributed by atoms with Crippen molar-refractivity contribution in [1.82, 2.24) is 9.55 Å². The van der Waals surface area contributed by atoms with E-state index in [2.05, 4.69) is 4.98 Å². The van der Waals surface area contributed by atoms with Crippen LogP contribution in [0.3, 0.4) is 0 Å². The predicted molar refractivity (Wildman–Crippen MR) is 128 cm³/mol. The van der Waals surface area contributed by atoms with Crippen LogP contribution in [-0.4, -0.2) is 48.9 Å². The third-order valence-electron chi connectivity index (χ3n) is 4.68. The zero-order valence-electron chi connectivity index (χ0n) is 19.7. The van der Waals surface area contributed by atoms with Crippen molar-refractivity contribution < 1.29 is 19.0 Å². The molecule has 1 aromatic carbocycles. The number of rotatable bonds is 11. The number of aromatic amines is 1. The van der Waals surface area contributed by atoms with Gasteiger partial charge in [0.2, 0.25) is 0 Å². The molecule has 0 radical (unpaired) electrons. The van der Waals surface area contributed by atoms with Crippen LogP contribution in [0, 0.1) is 0 Å². The molecule has 0 saturated carbocycles. The molecule has 33 heavy (non-hydrogen) atoms. The van der Waals surface area contributed by atoms with Gasteiger partial charge in [0, 0.05) is 26.3 Å². The zero-order chi connectivity index (χ0) is 24.5. The van der Waals surface area contributed by atoms with Crippen LogP contribution in [0.25, 0.3) is 6.08 Å². The maximum Gasteiger partial charge on any atom is 0.330 e. The number of hydrogen-bond acceptors (Lipinski definition) is 7. The van der Waals surface area contributed by atoms with E-state index in [4.69, 9.17) is 19.9 Å². The SMILES string of the molecule is CCCn1c(N)c(N(CCOC)C(=O)/C=C/c2ccc(OC(C)C)c(OC)c2)c(=O)[nH]c1=O. The van der Waals surface area contributed by atoms with Gasteiger partial charge in [0.25, 0.3) is 11.5 Å². The number of nitrogens with two attached hydrogens (primary N) is 1. The van der Waals surface area contributed by atoms with Crippen LogP contribution in [0.5, 0.6) is 11.5 Å². The molecule has 3 N–H and O–H groups in total. The van der Waals surface area contributed by atoms with Crippen LogP contribution in [0.1, 0.15) is 32.8 Å². The first kappa shape index (κ1) is 25.7. The lowest BCUT2D eigenvalue weighted by atomic mass is 10.1. The molecule has 1 amide bonds. The van der Waals surface area contributed by atoms with E-state index in [0.717, 1.165) is 0 Å². The molecule has 0 aliphatic carbocycles. The number of carbonyl (C=O) groups excluding carboxylic acids is 1. The Hall–Kier alpha value is -3.53. The monoisotopic (exact) mass is 460 g/mol. The van der Waals surface area contributed by atoms with Gasteiger partial charge in [-0.1, -0.05) is 13.0 Å². The number of amides is 1. The number of carbonyl (C=O) groups is 1. The number of nitrogens with zero attached hydrogens (tertiary/aromatic N) is 2. The standard InChI is InChI=1S/C23H32N4O6/c1-6-11-27-21(24)20(22(29)25-23(27)30)26(12-13-31-4)19(28)10-8-16-7-9-17(33-15(2)3)18(14-16)32-5/h7-10,14-15H,6,11-13,24H2,1-5H3,(H,25,29,30)/b10-8+. The summed E-state index contributed by atoms with van der Waals surface area (Å²) in [7, 11) is 3.02. The lowest BCUT2D eigenvalue weighted by Crippen LogP contribution is -2.42. The largest absolute Gasteiger partial charge is 0.493 e. The lowest BCUT2D eigenvalue weighted by molar-refractivity contribution is -0.114. The highest BCUT2D eigenvalue weighted by Crippen LogP contribution is 2.29. The number of methoxy groups -OCH3 is 2. The van der Waals surface area contributed by atoms with Crippen molar-refractivity contribution in [2.24, 2.45) is 0 Å². The maximum atomic E-state index is 13.1. The van der Waals surface area contributed by atoms with Crippen molar-refractivity contribution in [2.75, 3.05) is 38.0 Å². The molecule has 1 heterocycles. The summed E-state index contributed by atoms with van der Waals surface area (Å²) in [5.41, 5.74) is 5.39. The summed E-state index contributed by atoms with van der Waals surface area (Å²) in [6.45, 7) is 6.25. The van der Waals surface area contributed by atoms with E-state index in [1.54, 1.807) is 24.3 Å². The summed E-state index contributed by atoms with van der Waals surface area (Å²) in [4.78, 5) is 41.2. The van der Waals surface area contributed by atoms with Crippen LogP contribution in [0.4, 0.5) is 11.5 Å². The summed E-state index contributed by atoms with van der Waals surface area (Å²) in [6.07, 6.45) is 3.52. The Balaban J connectivity index is 2.42. The number of nitrogen functional groups attached to an aromatic ring is 1. The Morgan fingerprint density at radius 1 is 1.24 bits per heavy atom. The van der Waals surface area contributed by atoms with E-state index in [1.165, 1.54) is 29.8 Å². The second-order valence-corrected chi connectivity index (χ2v) is 7.54. The molecule has 10 nitrogen and oxygen atoms in total. The van der Waals surface area contributed by atoms with Crippen LogP contribution < -0.4 is 31.4 Å². The molecular weight excluding hydrogens is 428 g/mol. The third-order valence-corrected chi connectivity index (χ3v) is 4.68. The second-order valence-electron chi connectivity index (χ2n) is 7.54. The number of ether oxygens (including phenoxy) is 3. The molecule has 0 aliphatic heterocycles. The molecule has 10 heteroatoms. The number of H-pyrrole nitrogens is 1. The summed E-state index contributed by atoms with van der Waals surface area (Å²) in [5.74, 6) is 0.560. The molecule has 0 fully saturated rings. The van der Waals surface area contributed by atoms with E-state index in [-0.39, 0.29) is 30.8 Å². The second kappa shape index (κ2) is 11.9. The Morgan fingerprint density at radius 3 is 2.58 bits per heavy atom. The smallest absolute Gasteiger partial charge is 0.330 e. The van der Waals surface area contributed by atoms with E-state index in [9.17, 15) is 14.4 Å². The van der Waals surface area contributed by atoms with Crippen molar-refractivity contribution in [3.05, 3.63) is 50.7 Å². The minimum Gasteiger partial charge on any atom is -0.493 e. The molecular formula is C23H32N4O6. The Morgan fingerprint density at radius 2 is 1.97 bits per heavy atom. The highest BCUT2D eigenvalue weighted by Gasteiger charge is 2.22. The van der Waals surface area contributed by atoms with E-state index >= 15 is 0 Å². The summed E-state index contributed by atoms with van der Waals surface area (Å²) >= 11 is 0.